The van der Waals surface area contributed by atoms with E-state index in [1.165, 1.54) is 30.9 Å². The maximum atomic E-state index is 12.2. The standard InChI is InChI=1S/C68H38N4S2/c1-70-62-60(43-24-10-4-11-25-43)55(40-69)63(72-64-48(34-36-50-46-29-15-18-32-58(46)73-67(50)64)49-35-37-51-47-30-16-19-33-59(47)74-68(51)65(49)72)61(44-26-12-5-13-27-44)66(62)71-56-31-17-14-28-45(56)54-38-52(41-20-6-2-7-21-41)53(39-57(54)71)42-22-8-3-9-23-42/h2-39H. The number of nitrogens with zero attached hydrogens (tertiary/aromatic N) is 4. The van der Waals surface area contributed by atoms with E-state index < -0.39 is 0 Å². The Labute approximate surface area is 433 Å². The molecule has 0 saturated carbocycles. The van der Waals surface area contributed by atoms with Gasteiger partial charge in [0.05, 0.1) is 55.0 Å². The molecule has 0 unspecified atom stereocenters. The zero-order valence-electron chi connectivity index (χ0n) is 39.5. The van der Waals surface area contributed by atoms with E-state index in [4.69, 9.17) is 0 Å². The van der Waals surface area contributed by atoms with Crippen LogP contribution in [-0.2, 0) is 0 Å². The van der Waals surface area contributed by atoms with E-state index >= 15 is 0 Å². The Balaban J connectivity index is 1.23. The summed E-state index contributed by atoms with van der Waals surface area (Å²) in [4.78, 5) is 4.63. The van der Waals surface area contributed by atoms with E-state index in [2.05, 4.69) is 214 Å². The van der Waals surface area contributed by atoms with Crippen LogP contribution in [-0.4, -0.2) is 9.13 Å². The van der Waals surface area contributed by atoms with Crippen molar-refractivity contribution < 1.29 is 0 Å². The van der Waals surface area contributed by atoms with Crippen molar-refractivity contribution in [2.75, 3.05) is 0 Å². The van der Waals surface area contributed by atoms with Crippen LogP contribution >= 0.6 is 22.7 Å². The first kappa shape index (κ1) is 42.2. The quantitative estimate of drug-likeness (QED) is 0.153. The highest BCUT2D eigenvalue weighted by atomic mass is 32.1. The van der Waals surface area contributed by atoms with Crippen molar-refractivity contribution in [2.24, 2.45) is 0 Å². The summed E-state index contributed by atoms with van der Waals surface area (Å²) >= 11 is 3.60. The molecule has 0 bridgehead atoms. The van der Waals surface area contributed by atoms with E-state index in [9.17, 15) is 11.8 Å². The van der Waals surface area contributed by atoms with Gasteiger partial charge in [-0.05, 0) is 63.7 Å². The Bertz CT molecular complexity index is 4770. The van der Waals surface area contributed by atoms with Crippen LogP contribution in [0.5, 0.6) is 0 Å². The molecule has 15 rings (SSSR count). The highest BCUT2D eigenvalue weighted by molar-refractivity contribution is 7.27. The second-order valence-electron chi connectivity index (χ2n) is 18.8. The monoisotopic (exact) mass is 974 g/mol. The Morgan fingerprint density at radius 2 is 0.824 bits per heavy atom. The summed E-state index contributed by atoms with van der Waals surface area (Å²) in [6, 6.07) is 84.5. The molecule has 15 aromatic rings. The maximum Gasteiger partial charge on any atom is 0.220 e. The molecule has 0 aliphatic heterocycles. The first-order chi connectivity index (χ1) is 36.7. The fraction of sp³-hybridized carbons (Fsp3) is 0. The van der Waals surface area contributed by atoms with Gasteiger partial charge in [-0.2, -0.15) is 5.26 Å². The normalized spacial score (nSPS) is 11.8. The minimum Gasteiger partial charge on any atom is -0.318 e. The lowest BCUT2D eigenvalue weighted by atomic mass is 9.88. The SMILES string of the molecule is [C-]#[N+]c1c(-c2ccccc2)c(C#N)c(-n2c3c(ccc4c5ccccc5sc43)c3ccc4c5ccccc5sc4c32)c(-c2ccccc2)c1-n1c2ccccc2c2cc(-c3ccccc3)c(-c3ccccc3)cc21. The highest BCUT2D eigenvalue weighted by Crippen LogP contribution is 2.55. The van der Waals surface area contributed by atoms with Crippen molar-refractivity contribution in [3.63, 3.8) is 0 Å². The number of hydrogen-bond donors (Lipinski definition) is 0. The molecule has 0 fully saturated rings. The Hall–Kier alpha value is -9.56. The van der Waals surface area contributed by atoms with Crippen molar-refractivity contribution in [1.82, 2.24) is 9.13 Å². The minimum absolute atomic E-state index is 0.409. The number of aromatic nitrogens is 2. The summed E-state index contributed by atoms with van der Waals surface area (Å²) in [6.45, 7) is 9.49. The molecule has 0 saturated heterocycles. The highest BCUT2D eigenvalue weighted by Gasteiger charge is 2.33. The molecule has 0 N–H and O–H groups in total. The molecular formula is C68H38N4S2. The van der Waals surface area contributed by atoms with Crippen LogP contribution in [0.15, 0.2) is 231 Å². The van der Waals surface area contributed by atoms with E-state index in [-0.39, 0.29) is 0 Å². The van der Waals surface area contributed by atoms with Crippen LogP contribution in [0, 0.1) is 17.9 Å². The van der Waals surface area contributed by atoms with Crippen LogP contribution in [0.2, 0.25) is 0 Å². The molecular weight excluding hydrogens is 937 g/mol. The van der Waals surface area contributed by atoms with E-state index in [0.29, 0.717) is 16.8 Å². The molecule has 74 heavy (non-hydrogen) atoms. The molecule has 0 aliphatic carbocycles. The number of thiophene rings is 2. The fourth-order valence-electron chi connectivity index (χ4n) is 11.9. The average Bonchev–Trinajstić information content (AvgIpc) is 4.31. The van der Waals surface area contributed by atoms with Crippen LogP contribution in [0.4, 0.5) is 5.69 Å². The summed E-state index contributed by atoms with van der Waals surface area (Å²) in [5.41, 5.74) is 13.8. The van der Waals surface area contributed by atoms with E-state index in [1.807, 2.05) is 36.4 Å². The molecule has 4 aromatic heterocycles. The van der Waals surface area contributed by atoms with Crippen LogP contribution < -0.4 is 0 Å². The third kappa shape index (κ3) is 6.05. The number of rotatable bonds is 6. The van der Waals surface area contributed by atoms with Gasteiger partial charge >= 0.3 is 0 Å². The van der Waals surface area contributed by atoms with Crippen molar-refractivity contribution in [2.45, 2.75) is 0 Å². The largest absolute Gasteiger partial charge is 0.318 e. The fourth-order valence-corrected chi connectivity index (χ4v) is 14.3. The summed E-state index contributed by atoms with van der Waals surface area (Å²) in [6.07, 6.45) is 0. The molecule has 0 spiro atoms. The zero-order valence-corrected chi connectivity index (χ0v) is 41.2. The summed E-state index contributed by atoms with van der Waals surface area (Å²) in [7, 11) is 0. The Morgan fingerprint density at radius 3 is 1.35 bits per heavy atom. The molecule has 4 heterocycles. The summed E-state index contributed by atoms with van der Waals surface area (Å²) in [5.74, 6) is 0. The van der Waals surface area contributed by atoms with Gasteiger partial charge in [0.2, 0.25) is 5.69 Å². The molecule has 0 aliphatic rings. The Morgan fingerprint density at radius 1 is 0.378 bits per heavy atom. The van der Waals surface area contributed by atoms with Gasteiger partial charge in [0.1, 0.15) is 6.07 Å². The van der Waals surface area contributed by atoms with Crippen LogP contribution in [0.25, 0.3) is 145 Å². The second kappa shape index (κ2) is 16.5. The third-order valence-electron chi connectivity index (χ3n) is 15.0. The van der Waals surface area contributed by atoms with Gasteiger partial charge in [-0.25, -0.2) is 4.85 Å². The second-order valence-corrected chi connectivity index (χ2v) is 20.9. The van der Waals surface area contributed by atoms with Crippen molar-refractivity contribution in [3.8, 4) is 62.0 Å². The number of hydrogen-bond acceptors (Lipinski definition) is 3. The van der Waals surface area contributed by atoms with Crippen molar-refractivity contribution >= 4 is 112 Å². The van der Waals surface area contributed by atoms with Gasteiger partial charge in [0, 0.05) is 63.6 Å². The lowest BCUT2D eigenvalue weighted by molar-refractivity contribution is 1.14. The number of benzene rings is 11. The minimum atomic E-state index is 0.409. The van der Waals surface area contributed by atoms with E-state index in [0.717, 1.165) is 103 Å². The molecule has 4 nitrogen and oxygen atoms in total. The average molecular weight is 975 g/mol. The lowest BCUT2D eigenvalue weighted by Crippen LogP contribution is -2.09. The van der Waals surface area contributed by atoms with Gasteiger partial charge in [-0.3, -0.25) is 0 Å². The van der Waals surface area contributed by atoms with Crippen LogP contribution in [0.3, 0.4) is 0 Å². The summed E-state index contributed by atoms with van der Waals surface area (Å²) in [5, 5.41) is 21.3. The number of para-hydroxylation sites is 1. The van der Waals surface area contributed by atoms with Gasteiger partial charge < -0.3 is 9.13 Å². The predicted octanol–water partition coefficient (Wildman–Crippen LogP) is 19.7. The lowest BCUT2D eigenvalue weighted by Gasteiger charge is -2.26. The maximum absolute atomic E-state index is 12.2. The molecule has 0 atom stereocenters. The first-order valence-corrected chi connectivity index (χ1v) is 26.3. The van der Waals surface area contributed by atoms with Crippen molar-refractivity contribution in [3.05, 3.63) is 248 Å². The number of fused-ring (bicyclic) bond motifs is 14. The summed E-state index contributed by atoms with van der Waals surface area (Å²) < 4.78 is 9.48. The van der Waals surface area contributed by atoms with Gasteiger partial charge in [0.15, 0.2) is 0 Å². The predicted molar refractivity (Wildman–Crippen MR) is 314 cm³/mol. The zero-order chi connectivity index (χ0) is 49.0. The van der Waals surface area contributed by atoms with E-state index in [1.54, 1.807) is 22.7 Å². The van der Waals surface area contributed by atoms with Gasteiger partial charge in [-0.15, -0.1) is 22.7 Å². The van der Waals surface area contributed by atoms with Gasteiger partial charge in [0.25, 0.3) is 0 Å². The Kier molecular flexibility index (Phi) is 9.40. The molecule has 11 aromatic carbocycles. The molecule has 342 valence electrons. The van der Waals surface area contributed by atoms with Crippen LogP contribution in [0.1, 0.15) is 5.56 Å². The molecule has 0 amide bonds. The van der Waals surface area contributed by atoms with Crippen molar-refractivity contribution in [1.29, 1.82) is 5.26 Å². The first-order valence-electron chi connectivity index (χ1n) is 24.7. The van der Waals surface area contributed by atoms with Gasteiger partial charge in [-0.1, -0.05) is 200 Å². The molecule has 0 radical (unpaired) electrons. The topological polar surface area (TPSA) is 38.0 Å². The third-order valence-corrected chi connectivity index (χ3v) is 17.4. The molecule has 6 heteroatoms. The smallest absolute Gasteiger partial charge is 0.220 e. The number of nitriles is 1.